The molecule has 0 aliphatic rings. The van der Waals surface area contributed by atoms with Gasteiger partial charge < -0.3 is 15.4 Å². The molecule has 0 spiro atoms. The van der Waals surface area contributed by atoms with Crippen molar-refractivity contribution in [2.45, 2.75) is 13.2 Å². The average molecular weight is 572 g/mol. The summed E-state index contributed by atoms with van der Waals surface area (Å²) >= 11 is 7.20. The second kappa shape index (κ2) is 12.7. The van der Waals surface area contributed by atoms with E-state index in [4.69, 9.17) is 4.74 Å². The summed E-state index contributed by atoms with van der Waals surface area (Å²) in [7, 11) is 0. The first-order chi connectivity index (χ1) is 14.5. The topological polar surface area (TPSA) is 76.4 Å². The van der Waals surface area contributed by atoms with E-state index in [1.54, 1.807) is 12.1 Å². The molecule has 0 aliphatic carbocycles. The number of halogens is 3. The van der Waals surface area contributed by atoms with E-state index in [1.165, 1.54) is 12.1 Å². The van der Waals surface area contributed by atoms with Crippen LogP contribution >= 0.6 is 44.3 Å². The largest absolute Gasteiger partial charge is 0.487 e. The van der Waals surface area contributed by atoms with Crippen LogP contribution in [0.3, 0.4) is 0 Å². The van der Waals surface area contributed by atoms with Gasteiger partial charge in [0.15, 0.2) is 0 Å². The van der Waals surface area contributed by atoms with E-state index in [0.717, 1.165) is 38.1 Å². The van der Waals surface area contributed by atoms with Crippen molar-refractivity contribution in [3.63, 3.8) is 0 Å². The lowest BCUT2D eigenvalue weighted by molar-refractivity contribution is -0.384. The molecule has 0 bridgehead atoms. The maximum atomic E-state index is 10.7. The Morgan fingerprint density at radius 3 is 2.16 bits per heavy atom. The Hall–Kier alpha value is -2.13. The number of ether oxygens (including phenoxy) is 1. The minimum absolute atomic E-state index is 0. The molecule has 0 fully saturated rings. The summed E-state index contributed by atoms with van der Waals surface area (Å²) in [6.45, 7) is 2.67. The standard InChI is InChI=1S/C22H21Br2N3O3.ClH/c23-20-12-17(13-21(24)22(20)30-15-16-4-2-1-3-5-16)14-25-10-11-26-18-6-8-19(9-7-18)27(28)29;/h1-9,12-13,25-26H,10-11,14-15H2;1H. The van der Waals surface area contributed by atoms with E-state index in [1.807, 2.05) is 42.5 Å². The van der Waals surface area contributed by atoms with Gasteiger partial charge in [-0.25, -0.2) is 0 Å². The molecule has 3 aromatic carbocycles. The molecule has 9 heteroatoms. The number of nitrogens with zero attached hydrogens (tertiary/aromatic N) is 1. The second-order valence-corrected chi connectivity index (χ2v) is 8.28. The van der Waals surface area contributed by atoms with Crippen LogP contribution in [0.5, 0.6) is 5.75 Å². The van der Waals surface area contributed by atoms with Gasteiger partial charge in [-0.05, 0) is 67.3 Å². The number of rotatable bonds is 10. The molecule has 0 atom stereocenters. The Kier molecular flexibility index (Phi) is 10.3. The van der Waals surface area contributed by atoms with Gasteiger partial charge in [0.05, 0.1) is 13.9 Å². The summed E-state index contributed by atoms with van der Waals surface area (Å²) in [4.78, 5) is 10.3. The summed E-state index contributed by atoms with van der Waals surface area (Å²) < 4.78 is 7.75. The van der Waals surface area contributed by atoms with Crippen LogP contribution in [0.4, 0.5) is 11.4 Å². The van der Waals surface area contributed by atoms with Crippen molar-refractivity contribution in [2.75, 3.05) is 18.4 Å². The lowest BCUT2D eigenvalue weighted by atomic mass is 10.2. The zero-order valence-corrected chi connectivity index (χ0v) is 20.5. The van der Waals surface area contributed by atoms with Gasteiger partial charge in [0, 0.05) is 37.5 Å². The molecular formula is C22H22Br2ClN3O3. The highest BCUT2D eigenvalue weighted by Gasteiger charge is 2.09. The molecule has 3 aromatic rings. The van der Waals surface area contributed by atoms with Gasteiger partial charge in [0.2, 0.25) is 0 Å². The monoisotopic (exact) mass is 569 g/mol. The number of benzene rings is 3. The molecule has 6 nitrogen and oxygen atoms in total. The Bertz CT molecular complexity index is 966. The first kappa shape index (κ1) is 25.1. The molecule has 0 saturated carbocycles. The Morgan fingerprint density at radius 2 is 1.55 bits per heavy atom. The van der Waals surface area contributed by atoms with Crippen molar-refractivity contribution in [1.29, 1.82) is 0 Å². The van der Waals surface area contributed by atoms with Crippen molar-refractivity contribution in [3.05, 3.63) is 96.9 Å². The van der Waals surface area contributed by atoms with Crippen LogP contribution in [0.1, 0.15) is 11.1 Å². The van der Waals surface area contributed by atoms with Gasteiger partial charge in [0.25, 0.3) is 5.69 Å². The maximum absolute atomic E-state index is 10.7. The van der Waals surface area contributed by atoms with Gasteiger partial charge in [-0.15, -0.1) is 12.4 Å². The van der Waals surface area contributed by atoms with Crippen molar-refractivity contribution in [1.82, 2.24) is 5.32 Å². The van der Waals surface area contributed by atoms with Gasteiger partial charge in [-0.1, -0.05) is 30.3 Å². The highest BCUT2D eigenvalue weighted by atomic mass is 79.9. The van der Waals surface area contributed by atoms with E-state index in [0.29, 0.717) is 19.7 Å². The number of nitro benzene ring substituents is 1. The normalized spacial score (nSPS) is 10.3. The third-order valence-electron chi connectivity index (χ3n) is 4.32. The lowest BCUT2D eigenvalue weighted by Crippen LogP contribution is -2.21. The van der Waals surface area contributed by atoms with Crippen molar-refractivity contribution >= 4 is 55.6 Å². The zero-order valence-electron chi connectivity index (χ0n) is 16.5. The van der Waals surface area contributed by atoms with E-state index in [-0.39, 0.29) is 18.1 Å². The van der Waals surface area contributed by atoms with Crippen LogP contribution in [0.25, 0.3) is 0 Å². The zero-order chi connectivity index (χ0) is 21.3. The minimum atomic E-state index is -0.403. The van der Waals surface area contributed by atoms with Crippen molar-refractivity contribution in [2.24, 2.45) is 0 Å². The third kappa shape index (κ3) is 7.81. The van der Waals surface area contributed by atoms with Crippen LogP contribution < -0.4 is 15.4 Å². The average Bonchev–Trinajstić information content (AvgIpc) is 2.74. The molecule has 0 unspecified atom stereocenters. The van der Waals surface area contributed by atoms with Crippen LogP contribution in [0.15, 0.2) is 75.7 Å². The molecule has 164 valence electrons. The number of hydrogen-bond acceptors (Lipinski definition) is 5. The molecular weight excluding hydrogens is 550 g/mol. The van der Waals surface area contributed by atoms with E-state index in [9.17, 15) is 10.1 Å². The van der Waals surface area contributed by atoms with Crippen LogP contribution in [0, 0.1) is 10.1 Å². The molecule has 0 aliphatic heterocycles. The highest BCUT2D eigenvalue weighted by Crippen LogP contribution is 2.35. The molecule has 0 saturated heterocycles. The lowest BCUT2D eigenvalue weighted by Gasteiger charge is -2.13. The second-order valence-electron chi connectivity index (χ2n) is 6.57. The summed E-state index contributed by atoms with van der Waals surface area (Å²) in [5.41, 5.74) is 3.18. The van der Waals surface area contributed by atoms with Crippen LogP contribution in [-0.2, 0) is 13.2 Å². The molecule has 0 aromatic heterocycles. The minimum Gasteiger partial charge on any atom is -0.487 e. The van der Waals surface area contributed by atoms with E-state index >= 15 is 0 Å². The van der Waals surface area contributed by atoms with Gasteiger partial charge in [0.1, 0.15) is 12.4 Å². The SMILES string of the molecule is Cl.O=[N+]([O-])c1ccc(NCCNCc2cc(Br)c(OCc3ccccc3)c(Br)c2)cc1. The molecule has 2 N–H and O–H groups in total. The first-order valence-electron chi connectivity index (χ1n) is 9.36. The third-order valence-corrected chi connectivity index (χ3v) is 5.50. The molecule has 31 heavy (non-hydrogen) atoms. The number of nitro groups is 1. The summed E-state index contributed by atoms with van der Waals surface area (Å²) in [5, 5.41) is 17.3. The predicted molar refractivity (Wildman–Crippen MR) is 133 cm³/mol. The fourth-order valence-corrected chi connectivity index (χ4v) is 4.32. The smallest absolute Gasteiger partial charge is 0.269 e. The molecule has 3 rings (SSSR count). The number of non-ortho nitro benzene ring substituents is 1. The van der Waals surface area contributed by atoms with Gasteiger partial charge in [-0.3, -0.25) is 10.1 Å². The fraction of sp³-hybridized carbons (Fsp3) is 0.182. The number of nitrogens with one attached hydrogen (secondary N) is 2. The number of anilines is 1. The Labute approximate surface area is 204 Å². The van der Waals surface area contributed by atoms with Crippen molar-refractivity contribution in [3.8, 4) is 5.75 Å². The summed E-state index contributed by atoms with van der Waals surface area (Å²) in [6.07, 6.45) is 0. The quantitative estimate of drug-likeness (QED) is 0.169. The molecule has 0 radical (unpaired) electrons. The Morgan fingerprint density at radius 1 is 0.903 bits per heavy atom. The predicted octanol–water partition coefficient (Wildman–Crippen LogP) is 6.32. The van der Waals surface area contributed by atoms with Crippen LogP contribution in [-0.4, -0.2) is 18.0 Å². The van der Waals surface area contributed by atoms with Gasteiger partial charge >= 0.3 is 0 Å². The summed E-state index contributed by atoms with van der Waals surface area (Å²) in [6, 6.07) is 20.5. The van der Waals surface area contributed by atoms with Gasteiger partial charge in [-0.2, -0.15) is 0 Å². The highest BCUT2D eigenvalue weighted by molar-refractivity contribution is 9.11. The number of hydrogen-bond donors (Lipinski definition) is 2. The van der Waals surface area contributed by atoms with Crippen LogP contribution in [0.2, 0.25) is 0 Å². The fourth-order valence-electron chi connectivity index (χ4n) is 2.81. The maximum Gasteiger partial charge on any atom is 0.269 e. The first-order valence-corrected chi connectivity index (χ1v) is 11.0. The summed E-state index contributed by atoms with van der Waals surface area (Å²) in [5.74, 6) is 0.780. The Balaban J connectivity index is 0.00000341. The molecule has 0 amide bonds. The van der Waals surface area contributed by atoms with E-state index < -0.39 is 4.92 Å². The van der Waals surface area contributed by atoms with E-state index in [2.05, 4.69) is 42.5 Å². The van der Waals surface area contributed by atoms with Crippen molar-refractivity contribution < 1.29 is 9.66 Å². The molecule has 0 heterocycles.